The van der Waals surface area contributed by atoms with Gasteiger partial charge >= 0.3 is 31.3 Å². The number of rotatable bonds is 4. The van der Waals surface area contributed by atoms with E-state index < -0.39 is 65.1 Å². The van der Waals surface area contributed by atoms with Gasteiger partial charge in [-0.3, -0.25) is 4.79 Å². The average molecular weight is 482 g/mol. The first-order chi connectivity index (χ1) is 13.5. The summed E-state index contributed by atoms with van der Waals surface area (Å²) in [6, 6.07) is 0.972. The number of halogens is 6. The summed E-state index contributed by atoms with van der Waals surface area (Å²) in [5.74, 6) is -2.83. The van der Waals surface area contributed by atoms with Crippen LogP contribution >= 0.6 is 0 Å². The molecule has 0 atom stereocenters. The fourth-order valence-corrected chi connectivity index (χ4v) is 4.61. The van der Waals surface area contributed by atoms with Crippen LogP contribution in [0, 0.1) is 5.41 Å². The number of hydrogen-bond donors (Lipinski definition) is 0. The molecule has 0 saturated heterocycles. The third kappa shape index (κ3) is 3.61. The van der Waals surface area contributed by atoms with Crippen molar-refractivity contribution in [1.29, 1.82) is 0 Å². The maximum absolute atomic E-state index is 12.9. The normalized spacial score (nSPS) is 19.2. The van der Waals surface area contributed by atoms with Crippen molar-refractivity contribution in [2.45, 2.75) is 43.1 Å². The van der Waals surface area contributed by atoms with Gasteiger partial charge in [-0.05, 0) is 31.4 Å². The molecule has 1 fully saturated rings. The summed E-state index contributed by atoms with van der Waals surface area (Å²) >= 11 is 0. The Hall–Kier alpha value is -2.03. The highest BCUT2D eigenvalue weighted by Crippen LogP contribution is 2.53. The van der Waals surface area contributed by atoms with E-state index in [0.717, 1.165) is 0 Å². The van der Waals surface area contributed by atoms with Crippen molar-refractivity contribution in [3.05, 3.63) is 23.3 Å². The van der Waals surface area contributed by atoms with Crippen LogP contribution in [-0.4, -0.2) is 33.6 Å². The maximum atomic E-state index is 12.9. The van der Waals surface area contributed by atoms with Crippen molar-refractivity contribution >= 4 is 26.0 Å². The number of fused-ring (bicyclic) bond motifs is 1. The van der Waals surface area contributed by atoms with E-state index in [1.165, 1.54) is 0 Å². The van der Waals surface area contributed by atoms with Gasteiger partial charge in [0.2, 0.25) is 0 Å². The van der Waals surface area contributed by atoms with E-state index in [9.17, 15) is 48.0 Å². The molecule has 2 aliphatic carbocycles. The highest BCUT2D eigenvalue weighted by atomic mass is 32.2. The molecule has 1 saturated carbocycles. The molecule has 30 heavy (non-hydrogen) atoms. The predicted molar refractivity (Wildman–Crippen MR) is 86.6 cm³/mol. The molecule has 0 bridgehead atoms. The second kappa shape index (κ2) is 6.73. The third-order valence-electron chi connectivity index (χ3n) is 4.98. The number of hydrogen-bond acceptors (Lipinski definition) is 7. The quantitative estimate of drug-likeness (QED) is 0.368. The van der Waals surface area contributed by atoms with E-state index in [4.69, 9.17) is 0 Å². The van der Waals surface area contributed by atoms with E-state index in [0.29, 0.717) is 25.0 Å². The van der Waals surface area contributed by atoms with Crippen LogP contribution in [0.4, 0.5) is 26.3 Å². The molecule has 168 valence electrons. The summed E-state index contributed by atoms with van der Waals surface area (Å²) in [4.78, 5) is 12.9. The molecule has 0 aromatic heterocycles. The zero-order chi connectivity index (χ0) is 22.8. The Morgan fingerprint density at radius 2 is 1.23 bits per heavy atom. The predicted octanol–water partition coefficient (Wildman–Crippen LogP) is 3.44. The lowest BCUT2D eigenvalue weighted by molar-refractivity contribution is -0.0506. The van der Waals surface area contributed by atoms with Crippen LogP contribution in [0.5, 0.6) is 11.5 Å². The Bertz CT molecular complexity index is 1100. The lowest BCUT2D eigenvalue weighted by Gasteiger charge is -2.20. The molecule has 0 N–H and O–H groups in total. The van der Waals surface area contributed by atoms with E-state index in [1.807, 2.05) is 0 Å². The van der Waals surface area contributed by atoms with Gasteiger partial charge in [-0.2, -0.15) is 43.2 Å². The van der Waals surface area contributed by atoms with Gasteiger partial charge in [-0.15, -0.1) is 0 Å². The van der Waals surface area contributed by atoms with Gasteiger partial charge < -0.3 is 8.37 Å². The first kappa shape index (κ1) is 22.7. The molecule has 0 aliphatic heterocycles. The Labute approximate surface area is 166 Å². The van der Waals surface area contributed by atoms with Crippen LogP contribution in [0.3, 0.4) is 0 Å². The molecule has 1 aromatic carbocycles. The Kier molecular flexibility index (Phi) is 5.08. The van der Waals surface area contributed by atoms with E-state index in [-0.39, 0.29) is 19.3 Å². The first-order valence-electron chi connectivity index (χ1n) is 8.23. The zero-order valence-electron chi connectivity index (χ0n) is 14.6. The number of ketones is 1. The molecule has 1 spiro atoms. The van der Waals surface area contributed by atoms with Gasteiger partial charge in [0.05, 0.1) is 5.56 Å². The largest absolute Gasteiger partial charge is 0.534 e. The zero-order valence-corrected chi connectivity index (χ0v) is 16.3. The highest BCUT2D eigenvalue weighted by Gasteiger charge is 2.54. The van der Waals surface area contributed by atoms with Crippen LogP contribution in [0.2, 0.25) is 0 Å². The second-order valence-corrected chi connectivity index (χ2v) is 9.95. The summed E-state index contributed by atoms with van der Waals surface area (Å²) in [7, 11) is -12.3. The van der Waals surface area contributed by atoms with Gasteiger partial charge in [0, 0.05) is 11.0 Å². The monoisotopic (exact) mass is 482 g/mol. The fraction of sp³-hybridized carbons (Fsp3) is 0.533. The van der Waals surface area contributed by atoms with Gasteiger partial charge in [0.15, 0.2) is 11.5 Å². The number of alkyl halides is 6. The SMILES string of the molecule is O=C1c2c(OS(=O)(=O)C(F)(F)F)ccc(OS(=O)(=O)C(F)(F)F)c2CC12CCCC2. The van der Waals surface area contributed by atoms with E-state index >= 15 is 0 Å². The average Bonchev–Trinajstić information content (AvgIpc) is 3.14. The van der Waals surface area contributed by atoms with Crippen molar-refractivity contribution in [2.24, 2.45) is 5.41 Å². The molecule has 0 amide bonds. The van der Waals surface area contributed by atoms with Gasteiger partial charge in [-0.1, -0.05) is 12.8 Å². The molecule has 0 heterocycles. The fourth-order valence-electron chi connectivity index (χ4n) is 3.65. The molecule has 3 rings (SSSR count). The molecule has 15 heteroatoms. The van der Waals surface area contributed by atoms with Gasteiger partial charge in [0.1, 0.15) is 5.75 Å². The minimum absolute atomic E-state index is 0.234. The highest BCUT2D eigenvalue weighted by molar-refractivity contribution is 7.88. The molecular formula is C15H12F6O7S2. The van der Waals surface area contributed by atoms with Crippen LogP contribution in [0.15, 0.2) is 12.1 Å². The summed E-state index contributed by atoms with van der Waals surface area (Å²) in [5.41, 5.74) is -14.0. The van der Waals surface area contributed by atoms with Gasteiger partial charge in [0.25, 0.3) is 0 Å². The molecular weight excluding hydrogens is 470 g/mol. The summed E-state index contributed by atoms with van der Waals surface area (Å²) < 4.78 is 130. The second-order valence-electron chi connectivity index (χ2n) is 6.88. The lowest BCUT2D eigenvalue weighted by Crippen LogP contribution is -2.29. The van der Waals surface area contributed by atoms with Crippen LogP contribution < -0.4 is 8.37 Å². The minimum Gasteiger partial charge on any atom is -0.376 e. The van der Waals surface area contributed by atoms with Crippen molar-refractivity contribution in [1.82, 2.24) is 0 Å². The van der Waals surface area contributed by atoms with E-state index in [1.54, 1.807) is 0 Å². The van der Waals surface area contributed by atoms with Crippen LogP contribution in [-0.2, 0) is 26.7 Å². The van der Waals surface area contributed by atoms with E-state index in [2.05, 4.69) is 8.37 Å². The van der Waals surface area contributed by atoms with Crippen LogP contribution in [0.25, 0.3) is 0 Å². The third-order valence-corrected chi connectivity index (χ3v) is 6.91. The first-order valence-corrected chi connectivity index (χ1v) is 11.0. The minimum atomic E-state index is -6.19. The topological polar surface area (TPSA) is 104 Å². The molecule has 0 unspecified atom stereocenters. The van der Waals surface area contributed by atoms with Crippen LogP contribution in [0.1, 0.15) is 41.6 Å². The van der Waals surface area contributed by atoms with Gasteiger partial charge in [-0.25, -0.2) is 0 Å². The Morgan fingerprint density at radius 3 is 1.70 bits per heavy atom. The Morgan fingerprint density at radius 1 is 0.800 bits per heavy atom. The van der Waals surface area contributed by atoms with Crippen molar-refractivity contribution in [3.8, 4) is 11.5 Å². The summed E-state index contributed by atoms with van der Waals surface area (Å²) in [6.07, 6.45) is 1.21. The maximum Gasteiger partial charge on any atom is 0.534 e. The number of carbonyl (C=O) groups excluding carboxylic acids is 1. The Balaban J connectivity index is 2.14. The van der Waals surface area contributed by atoms with Crippen molar-refractivity contribution in [3.63, 3.8) is 0 Å². The smallest absolute Gasteiger partial charge is 0.376 e. The summed E-state index contributed by atoms with van der Waals surface area (Å²) in [5, 5.41) is 0. The lowest BCUT2D eigenvalue weighted by atomic mass is 9.82. The molecule has 1 aromatic rings. The van der Waals surface area contributed by atoms with Crippen molar-refractivity contribution < 1.29 is 56.3 Å². The number of Topliss-reactive ketones (excluding diaryl/α,β-unsaturated/α-hetero) is 1. The standard InChI is InChI=1S/C15H12F6O7S2/c16-14(17,18)29(23,24)27-9-3-4-10(28-30(25,26)15(19,20)21)11-8(9)7-13(12(11)22)5-1-2-6-13/h3-4H,1-2,5-7H2. The molecule has 7 nitrogen and oxygen atoms in total. The summed E-state index contributed by atoms with van der Waals surface area (Å²) in [6.45, 7) is 0. The number of benzene rings is 1. The van der Waals surface area contributed by atoms with Crippen molar-refractivity contribution in [2.75, 3.05) is 0 Å². The number of carbonyl (C=O) groups is 1. The molecule has 2 aliphatic rings. The molecule has 0 radical (unpaired) electrons.